The molecule has 0 N–H and O–H groups in total. The first kappa shape index (κ1) is 26.3. The summed E-state index contributed by atoms with van der Waals surface area (Å²) in [5, 5.41) is 0.749. The fourth-order valence-electron chi connectivity index (χ4n) is 4.84. The van der Waals surface area contributed by atoms with Gasteiger partial charge in [0.15, 0.2) is 0 Å². The molecule has 0 saturated heterocycles. The molecule has 5 nitrogen and oxygen atoms in total. The molecule has 186 valence electrons. The number of nitrogens with zero attached hydrogens (tertiary/aromatic N) is 3. The molecule has 0 bridgehead atoms. The van der Waals surface area contributed by atoms with E-state index in [4.69, 9.17) is 11.6 Å². The van der Waals surface area contributed by atoms with Crippen molar-refractivity contribution in [2.75, 3.05) is 13.1 Å². The summed E-state index contributed by atoms with van der Waals surface area (Å²) in [5.41, 5.74) is 2.15. The van der Waals surface area contributed by atoms with Crippen molar-refractivity contribution >= 4 is 23.4 Å². The molecule has 1 saturated carbocycles. The Morgan fingerprint density at radius 1 is 1.03 bits per heavy atom. The van der Waals surface area contributed by atoms with E-state index < -0.39 is 0 Å². The monoisotopic (exact) mass is 485 g/mol. The summed E-state index contributed by atoms with van der Waals surface area (Å²) >= 11 is 6.41. The molecule has 1 aliphatic carbocycles. The predicted octanol–water partition coefficient (Wildman–Crippen LogP) is 5.99. The molecule has 1 aromatic heterocycles. The van der Waals surface area contributed by atoms with E-state index in [9.17, 15) is 9.59 Å². The first-order valence-corrected chi connectivity index (χ1v) is 13.1. The number of rotatable bonds is 10. The Kier molecular flexibility index (Phi) is 9.63. The molecule has 1 fully saturated rings. The van der Waals surface area contributed by atoms with Crippen molar-refractivity contribution in [3.05, 3.63) is 58.9 Å². The summed E-state index contributed by atoms with van der Waals surface area (Å²) < 4.78 is 2.18. The van der Waals surface area contributed by atoms with Crippen molar-refractivity contribution in [2.24, 2.45) is 11.8 Å². The summed E-state index contributed by atoms with van der Waals surface area (Å²) in [5.74, 6) is 0.286. The SMILES string of the molecule is CC(C)CN(CC(=O)N(Cc1cccn1Cc1ccccc1Cl)C1CCCCC1)C(=O)C(C)C. The van der Waals surface area contributed by atoms with Crippen molar-refractivity contribution in [3.8, 4) is 0 Å². The molecule has 1 aliphatic rings. The third-order valence-electron chi connectivity index (χ3n) is 6.61. The van der Waals surface area contributed by atoms with Crippen LogP contribution < -0.4 is 0 Å². The Morgan fingerprint density at radius 3 is 2.38 bits per heavy atom. The van der Waals surface area contributed by atoms with Crippen LogP contribution in [0.25, 0.3) is 0 Å². The lowest BCUT2D eigenvalue weighted by Crippen LogP contribution is -2.49. The van der Waals surface area contributed by atoms with Gasteiger partial charge in [0.25, 0.3) is 0 Å². The summed E-state index contributed by atoms with van der Waals surface area (Å²) in [6.45, 7) is 9.95. The van der Waals surface area contributed by atoms with Crippen LogP contribution in [0.3, 0.4) is 0 Å². The second kappa shape index (κ2) is 12.4. The Bertz CT molecular complexity index is 947. The second-order valence-corrected chi connectivity index (χ2v) is 10.7. The van der Waals surface area contributed by atoms with Gasteiger partial charge in [-0.2, -0.15) is 0 Å². The van der Waals surface area contributed by atoms with Crippen molar-refractivity contribution in [3.63, 3.8) is 0 Å². The number of amides is 2. The third kappa shape index (κ3) is 7.11. The number of benzene rings is 1. The minimum atomic E-state index is -0.123. The first-order valence-electron chi connectivity index (χ1n) is 12.7. The van der Waals surface area contributed by atoms with Gasteiger partial charge in [-0.25, -0.2) is 0 Å². The van der Waals surface area contributed by atoms with Gasteiger partial charge in [-0.3, -0.25) is 9.59 Å². The summed E-state index contributed by atoms with van der Waals surface area (Å²) in [6, 6.07) is 12.2. The van der Waals surface area contributed by atoms with Gasteiger partial charge in [0, 0.05) is 42.0 Å². The molecule has 0 aliphatic heterocycles. The van der Waals surface area contributed by atoms with Crippen LogP contribution in [0.5, 0.6) is 0 Å². The fourth-order valence-corrected chi connectivity index (χ4v) is 5.03. The molecular formula is C28H40ClN3O2. The van der Waals surface area contributed by atoms with E-state index in [1.807, 2.05) is 49.1 Å². The van der Waals surface area contributed by atoms with E-state index in [2.05, 4.69) is 30.7 Å². The maximum atomic E-state index is 13.7. The van der Waals surface area contributed by atoms with Crippen molar-refractivity contribution in [1.82, 2.24) is 14.4 Å². The molecule has 2 amide bonds. The van der Waals surface area contributed by atoms with Crippen LogP contribution in [0.2, 0.25) is 5.02 Å². The van der Waals surface area contributed by atoms with Gasteiger partial charge in [0.2, 0.25) is 11.8 Å². The molecule has 6 heteroatoms. The largest absolute Gasteiger partial charge is 0.345 e. The van der Waals surface area contributed by atoms with Crippen molar-refractivity contribution < 1.29 is 9.59 Å². The van der Waals surface area contributed by atoms with Crippen molar-refractivity contribution in [1.29, 1.82) is 0 Å². The zero-order chi connectivity index (χ0) is 24.7. The van der Waals surface area contributed by atoms with Crippen LogP contribution in [0, 0.1) is 11.8 Å². The van der Waals surface area contributed by atoms with Gasteiger partial charge in [-0.1, -0.05) is 76.8 Å². The Balaban J connectivity index is 1.82. The Morgan fingerprint density at radius 2 is 1.74 bits per heavy atom. The lowest BCUT2D eigenvalue weighted by atomic mass is 9.94. The van der Waals surface area contributed by atoms with E-state index in [0.717, 1.165) is 42.0 Å². The highest BCUT2D eigenvalue weighted by Crippen LogP contribution is 2.26. The molecule has 3 rings (SSSR count). The van der Waals surface area contributed by atoms with E-state index in [1.165, 1.54) is 6.42 Å². The van der Waals surface area contributed by atoms with Gasteiger partial charge >= 0.3 is 0 Å². The van der Waals surface area contributed by atoms with Crippen LogP contribution in [0.1, 0.15) is 71.1 Å². The minimum Gasteiger partial charge on any atom is -0.345 e. The Hall–Kier alpha value is -2.27. The molecular weight excluding hydrogens is 446 g/mol. The van der Waals surface area contributed by atoms with Gasteiger partial charge in [-0.05, 0) is 42.5 Å². The highest BCUT2D eigenvalue weighted by atomic mass is 35.5. The highest BCUT2D eigenvalue weighted by molar-refractivity contribution is 6.31. The highest BCUT2D eigenvalue weighted by Gasteiger charge is 2.29. The van der Waals surface area contributed by atoms with Gasteiger partial charge < -0.3 is 14.4 Å². The van der Waals surface area contributed by atoms with Crippen LogP contribution in [-0.4, -0.2) is 45.3 Å². The topological polar surface area (TPSA) is 45.6 Å². The third-order valence-corrected chi connectivity index (χ3v) is 6.98. The second-order valence-electron chi connectivity index (χ2n) is 10.3. The number of halogens is 1. The molecule has 0 spiro atoms. The van der Waals surface area contributed by atoms with E-state index >= 15 is 0 Å². The zero-order valence-electron chi connectivity index (χ0n) is 21.2. The van der Waals surface area contributed by atoms with Crippen LogP contribution in [0.15, 0.2) is 42.6 Å². The molecule has 1 aromatic carbocycles. The molecule has 1 heterocycles. The zero-order valence-corrected chi connectivity index (χ0v) is 21.9. The lowest BCUT2D eigenvalue weighted by Gasteiger charge is -2.36. The normalized spacial score (nSPS) is 14.6. The molecule has 0 unspecified atom stereocenters. The predicted molar refractivity (Wildman–Crippen MR) is 139 cm³/mol. The van der Waals surface area contributed by atoms with Gasteiger partial charge in [-0.15, -0.1) is 0 Å². The number of carbonyl (C=O) groups excluding carboxylic acids is 2. The maximum Gasteiger partial charge on any atom is 0.242 e. The van der Waals surface area contributed by atoms with Crippen LogP contribution >= 0.6 is 11.6 Å². The number of hydrogen-bond acceptors (Lipinski definition) is 2. The van der Waals surface area contributed by atoms with Crippen LogP contribution in [-0.2, 0) is 22.7 Å². The van der Waals surface area contributed by atoms with Crippen molar-refractivity contribution in [2.45, 2.75) is 78.9 Å². The lowest BCUT2D eigenvalue weighted by molar-refractivity contribution is -0.144. The summed E-state index contributed by atoms with van der Waals surface area (Å²) in [7, 11) is 0. The van der Waals surface area contributed by atoms with E-state index in [-0.39, 0.29) is 30.3 Å². The smallest absolute Gasteiger partial charge is 0.242 e. The van der Waals surface area contributed by atoms with E-state index in [0.29, 0.717) is 25.6 Å². The minimum absolute atomic E-state index is 0.0482. The molecule has 0 atom stereocenters. The molecule has 2 aromatic rings. The fraction of sp³-hybridized carbons (Fsp3) is 0.571. The standard InChI is InChI=1S/C28H40ClN3O2/c1-21(2)17-31(28(34)22(3)4)20-27(33)32(24-12-6-5-7-13-24)19-25-14-10-16-30(25)18-23-11-8-9-15-26(23)29/h8-11,14-16,21-22,24H,5-7,12-13,17-20H2,1-4H3. The maximum absolute atomic E-state index is 13.7. The number of hydrogen-bond donors (Lipinski definition) is 0. The molecule has 0 radical (unpaired) electrons. The average molecular weight is 486 g/mol. The molecule has 34 heavy (non-hydrogen) atoms. The van der Waals surface area contributed by atoms with Gasteiger partial charge in [0.1, 0.15) is 0 Å². The average Bonchev–Trinajstić information content (AvgIpc) is 3.24. The van der Waals surface area contributed by atoms with E-state index in [1.54, 1.807) is 4.90 Å². The summed E-state index contributed by atoms with van der Waals surface area (Å²) in [4.78, 5) is 30.4. The number of aromatic nitrogens is 1. The van der Waals surface area contributed by atoms with Gasteiger partial charge in [0.05, 0.1) is 13.1 Å². The first-order chi connectivity index (χ1) is 16.3. The van der Waals surface area contributed by atoms with Crippen LogP contribution in [0.4, 0.5) is 0 Å². The summed E-state index contributed by atoms with van der Waals surface area (Å²) in [6.07, 6.45) is 7.63. The quantitative estimate of drug-likeness (QED) is 0.414. The Labute approximate surface area is 210 Å². The number of carbonyl (C=O) groups is 2.